The third kappa shape index (κ3) is 2.27. The lowest BCUT2D eigenvalue weighted by atomic mass is 9.96. The number of halogens is 1. The zero-order valence-electron chi connectivity index (χ0n) is 13.0. The van der Waals surface area contributed by atoms with Crippen molar-refractivity contribution in [3.8, 4) is 17.6 Å². The van der Waals surface area contributed by atoms with E-state index in [1.54, 1.807) is 30.3 Å². The fraction of sp³-hybridized carbons (Fsp3) is 0.0500. The first-order valence-electron chi connectivity index (χ1n) is 7.61. The number of phenols is 2. The number of rotatable bonds is 2. The van der Waals surface area contributed by atoms with Crippen LogP contribution in [0.5, 0.6) is 11.5 Å². The van der Waals surface area contributed by atoms with Gasteiger partial charge in [0.25, 0.3) is 0 Å². The van der Waals surface area contributed by atoms with Crippen LogP contribution >= 0.6 is 0 Å². The van der Waals surface area contributed by atoms with Crippen molar-refractivity contribution in [3.05, 3.63) is 82.6 Å². The Hall–Kier alpha value is -3.52. The Morgan fingerprint density at radius 2 is 1.80 bits per heavy atom. The van der Waals surface area contributed by atoms with Crippen molar-refractivity contribution in [2.75, 3.05) is 0 Å². The van der Waals surface area contributed by atoms with E-state index < -0.39 is 11.6 Å². The number of benzene rings is 2. The maximum absolute atomic E-state index is 14.7. The first-order chi connectivity index (χ1) is 12.1. The molecule has 1 aliphatic rings. The lowest BCUT2D eigenvalue weighted by molar-refractivity contribution is 0.431. The summed E-state index contributed by atoms with van der Waals surface area (Å²) in [6, 6.07) is 13.1. The summed E-state index contributed by atoms with van der Waals surface area (Å²) in [5.41, 5.74) is 3.25. The minimum Gasteiger partial charge on any atom is -0.508 e. The van der Waals surface area contributed by atoms with Crippen LogP contribution in [0.15, 0.2) is 53.1 Å². The number of nitriles is 1. The number of furan rings is 1. The fourth-order valence-electron chi connectivity index (χ4n) is 3.20. The molecule has 0 fully saturated rings. The second-order valence-electron chi connectivity index (χ2n) is 5.79. The molecule has 1 heterocycles. The van der Waals surface area contributed by atoms with Crippen molar-refractivity contribution in [2.24, 2.45) is 0 Å². The highest BCUT2D eigenvalue weighted by atomic mass is 19.1. The van der Waals surface area contributed by atoms with Crippen LogP contribution < -0.4 is 0 Å². The van der Waals surface area contributed by atoms with Gasteiger partial charge in [0, 0.05) is 11.1 Å². The lowest BCUT2D eigenvalue weighted by Gasteiger charge is -2.09. The summed E-state index contributed by atoms with van der Waals surface area (Å²) in [6.07, 6.45) is 1.81. The average Bonchev–Trinajstić information content (AvgIpc) is 3.22. The van der Waals surface area contributed by atoms with Gasteiger partial charge in [-0.3, -0.25) is 0 Å². The SMILES string of the molecule is N#Cc1ccoc1C1=C(c2ccc(O)cc2)Cc2ccc(O)c(F)c21. The first kappa shape index (κ1) is 15.0. The van der Waals surface area contributed by atoms with Crippen LogP contribution in [0.25, 0.3) is 11.1 Å². The molecule has 1 aliphatic carbocycles. The van der Waals surface area contributed by atoms with Crippen LogP contribution in [0.1, 0.15) is 28.0 Å². The highest BCUT2D eigenvalue weighted by Crippen LogP contribution is 2.46. The predicted molar refractivity (Wildman–Crippen MR) is 89.2 cm³/mol. The van der Waals surface area contributed by atoms with Crippen LogP contribution in [-0.2, 0) is 6.42 Å². The number of nitrogens with zero attached hydrogens (tertiary/aromatic N) is 1. The standard InChI is InChI=1S/C20H12FNO3/c21-19-16(24)6-3-12-9-15(11-1-4-14(23)5-2-11)18(17(12)19)20-13(10-22)7-8-25-20/h1-8,23-24H,9H2. The molecular formula is C20H12FNO3. The van der Waals surface area contributed by atoms with Gasteiger partial charge < -0.3 is 14.6 Å². The number of aromatic hydroxyl groups is 2. The second-order valence-corrected chi connectivity index (χ2v) is 5.79. The molecule has 0 amide bonds. The average molecular weight is 333 g/mol. The van der Waals surface area contributed by atoms with Gasteiger partial charge in [-0.25, -0.2) is 4.39 Å². The van der Waals surface area contributed by atoms with Crippen molar-refractivity contribution < 1.29 is 19.0 Å². The maximum atomic E-state index is 14.7. The minimum absolute atomic E-state index is 0.126. The van der Waals surface area contributed by atoms with E-state index in [0.717, 1.165) is 11.1 Å². The number of allylic oxidation sites excluding steroid dienone is 1. The second kappa shape index (κ2) is 5.53. The molecule has 5 heteroatoms. The van der Waals surface area contributed by atoms with Crippen molar-refractivity contribution in [1.29, 1.82) is 5.26 Å². The summed E-state index contributed by atoms with van der Waals surface area (Å²) in [7, 11) is 0. The Morgan fingerprint density at radius 3 is 2.52 bits per heavy atom. The van der Waals surface area contributed by atoms with Crippen molar-refractivity contribution in [2.45, 2.75) is 6.42 Å². The summed E-state index contributed by atoms with van der Waals surface area (Å²) in [5.74, 6) is -0.787. The van der Waals surface area contributed by atoms with Gasteiger partial charge in [0.15, 0.2) is 17.3 Å². The molecule has 25 heavy (non-hydrogen) atoms. The number of hydrogen-bond donors (Lipinski definition) is 2. The van der Waals surface area contributed by atoms with Gasteiger partial charge in [0.2, 0.25) is 0 Å². The molecule has 122 valence electrons. The number of fused-ring (bicyclic) bond motifs is 1. The molecular weight excluding hydrogens is 321 g/mol. The van der Waals surface area contributed by atoms with Crippen LogP contribution in [-0.4, -0.2) is 10.2 Å². The quantitative estimate of drug-likeness (QED) is 0.736. The van der Waals surface area contributed by atoms with E-state index in [-0.39, 0.29) is 17.1 Å². The smallest absolute Gasteiger partial charge is 0.173 e. The largest absolute Gasteiger partial charge is 0.508 e. The van der Waals surface area contributed by atoms with Crippen molar-refractivity contribution >= 4 is 11.1 Å². The number of hydrogen-bond acceptors (Lipinski definition) is 4. The lowest BCUT2D eigenvalue weighted by Crippen LogP contribution is -1.94. The highest BCUT2D eigenvalue weighted by molar-refractivity contribution is 6.03. The normalized spacial score (nSPS) is 13.0. The molecule has 4 nitrogen and oxygen atoms in total. The zero-order valence-corrected chi connectivity index (χ0v) is 13.0. The molecule has 1 aromatic heterocycles. The zero-order chi connectivity index (χ0) is 17.6. The molecule has 2 N–H and O–H groups in total. The van der Waals surface area contributed by atoms with E-state index in [1.807, 2.05) is 6.07 Å². The van der Waals surface area contributed by atoms with Gasteiger partial charge in [-0.15, -0.1) is 0 Å². The van der Waals surface area contributed by atoms with Gasteiger partial charge in [-0.1, -0.05) is 18.2 Å². The Kier molecular flexibility index (Phi) is 3.33. The van der Waals surface area contributed by atoms with Gasteiger partial charge in [-0.05, 0) is 47.4 Å². The molecule has 0 spiro atoms. The third-order valence-electron chi connectivity index (χ3n) is 4.36. The van der Waals surface area contributed by atoms with E-state index in [4.69, 9.17) is 4.42 Å². The monoisotopic (exact) mass is 333 g/mol. The van der Waals surface area contributed by atoms with Crippen LogP contribution in [0.4, 0.5) is 4.39 Å². The summed E-state index contributed by atoms with van der Waals surface area (Å²) in [4.78, 5) is 0. The highest BCUT2D eigenvalue weighted by Gasteiger charge is 2.31. The van der Waals surface area contributed by atoms with Crippen LogP contribution in [0, 0.1) is 17.1 Å². The van der Waals surface area contributed by atoms with Crippen molar-refractivity contribution in [3.63, 3.8) is 0 Å². The molecule has 0 aliphatic heterocycles. The topological polar surface area (TPSA) is 77.4 Å². The van der Waals surface area contributed by atoms with Gasteiger partial charge in [-0.2, -0.15) is 5.26 Å². The molecule has 0 bridgehead atoms. The first-order valence-corrected chi connectivity index (χ1v) is 7.61. The summed E-state index contributed by atoms with van der Waals surface area (Å²) in [5, 5.41) is 28.6. The molecule has 0 atom stereocenters. The Bertz CT molecular complexity index is 1060. The molecule has 2 aromatic carbocycles. The third-order valence-corrected chi connectivity index (χ3v) is 4.36. The van der Waals surface area contributed by atoms with Gasteiger partial charge in [0.05, 0.1) is 11.8 Å². The molecule has 4 rings (SSSR count). The molecule has 3 aromatic rings. The van der Waals surface area contributed by atoms with Gasteiger partial charge in [0.1, 0.15) is 11.8 Å². The van der Waals surface area contributed by atoms with Crippen LogP contribution in [0.3, 0.4) is 0 Å². The van der Waals surface area contributed by atoms with Gasteiger partial charge >= 0.3 is 0 Å². The predicted octanol–water partition coefficient (Wildman–Crippen LogP) is 4.22. The van der Waals surface area contributed by atoms with E-state index in [9.17, 15) is 19.9 Å². The van der Waals surface area contributed by atoms with E-state index >= 15 is 0 Å². The molecule has 0 saturated carbocycles. The summed E-state index contributed by atoms with van der Waals surface area (Å²) >= 11 is 0. The fourth-order valence-corrected chi connectivity index (χ4v) is 3.20. The van der Waals surface area contributed by atoms with E-state index in [0.29, 0.717) is 23.1 Å². The Morgan fingerprint density at radius 1 is 1.04 bits per heavy atom. The Balaban J connectivity index is 2.04. The summed E-state index contributed by atoms with van der Waals surface area (Å²) in [6.45, 7) is 0. The van der Waals surface area contributed by atoms with Crippen molar-refractivity contribution in [1.82, 2.24) is 0 Å². The maximum Gasteiger partial charge on any atom is 0.173 e. The molecule has 0 saturated heterocycles. The summed E-state index contributed by atoms with van der Waals surface area (Å²) < 4.78 is 20.2. The molecule has 0 unspecified atom stereocenters. The molecule has 0 radical (unpaired) electrons. The van der Waals surface area contributed by atoms with E-state index in [1.165, 1.54) is 18.4 Å². The van der Waals surface area contributed by atoms with E-state index in [2.05, 4.69) is 0 Å². The van der Waals surface area contributed by atoms with Crippen LogP contribution in [0.2, 0.25) is 0 Å². The minimum atomic E-state index is -0.735. The Labute approximate surface area is 142 Å². The number of phenolic OH excluding ortho intramolecular Hbond substituents is 2.